The molecule has 1 N–H and O–H groups in total. The Morgan fingerprint density at radius 1 is 1.54 bits per heavy atom. The SMILES string of the molecule is N#Cc1sc2[nH]c(=O)ccc2c1Br. The van der Waals surface area contributed by atoms with Gasteiger partial charge in [-0.2, -0.15) is 5.26 Å². The van der Waals surface area contributed by atoms with Crippen LogP contribution in [0.5, 0.6) is 0 Å². The van der Waals surface area contributed by atoms with Crippen LogP contribution in [0, 0.1) is 11.3 Å². The first kappa shape index (κ1) is 8.48. The van der Waals surface area contributed by atoms with Crippen molar-refractivity contribution in [1.82, 2.24) is 4.98 Å². The van der Waals surface area contributed by atoms with Gasteiger partial charge in [0.25, 0.3) is 0 Å². The van der Waals surface area contributed by atoms with Gasteiger partial charge in [-0.25, -0.2) is 0 Å². The van der Waals surface area contributed by atoms with Crippen LogP contribution in [0.25, 0.3) is 10.2 Å². The largest absolute Gasteiger partial charge is 0.314 e. The molecule has 0 saturated carbocycles. The Morgan fingerprint density at radius 3 is 3.00 bits per heavy atom. The van der Waals surface area contributed by atoms with Crippen molar-refractivity contribution in [3.63, 3.8) is 0 Å². The van der Waals surface area contributed by atoms with Crippen LogP contribution in [0.1, 0.15) is 4.88 Å². The predicted molar refractivity (Wildman–Crippen MR) is 54.9 cm³/mol. The topological polar surface area (TPSA) is 56.6 Å². The Bertz CT molecular complexity index is 564. The fourth-order valence-corrected chi connectivity index (χ4v) is 2.72. The van der Waals surface area contributed by atoms with E-state index in [1.807, 2.05) is 0 Å². The van der Waals surface area contributed by atoms with Gasteiger partial charge in [0.1, 0.15) is 15.8 Å². The second-order valence-electron chi connectivity index (χ2n) is 2.42. The number of aromatic nitrogens is 1. The molecular formula is C8H3BrN2OS. The molecule has 0 aliphatic carbocycles. The van der Waals surface area contributed by atoms with Crippen LogP contribution in [0.15, 0.2) is 21.4 Å². The zero-order valence-electron chi connectivity index (χ0n) is 6.30. The lowest BCUT2D eigenvalue weighted by Gasteiger charge is -1.86. The molecule has 2 aromatic heterocycles. The Labute approximate surface area is 85.8 Å². The predicted octanol–water partition coefficient (Wildman–Crippen LogP) is 2.22. The lowest BCUT2D eigenvalue weighted by Crippen LogP contribution is -2.00. The average molecular weight is 255 g/mol. The molecule has 13 heavy (non-hydrogen) atoms. The van der Waals surface area contributed by atoms with Gasteiger partial charge in [-0.15, -0.1) is 11.3 Å². The third kappa shape index (κ3) is 1.28. The molecule has 0 amide bonds. The minimum absolute atomic E-state index is 0.147. The molecule has 0 radical (unpaired) electrons. The van der Waals surface area contributed by atoms with Gasteiger partial charge in [0.2, 0.25) is 5.56 Å². The van der Waals surface area contributed by atoms with Gasteiger partial charge in [0.05, 0.1) is 4.47 Å². The smallest absolute Gasteiger partial charge is 0.249 e. The first-order valence-corrected chi connectivity index (χ1v) is 5.05. The summed E-state index contributed by atoms with van der Waals surface area (Å²) in [5, 5.41) is 9.60. The molecule has 0 unspecified atom stereocenters. The highest BCUT2D eigenvalue weighted by molar-refractivity contribution is 9.10. The van der Waals surface area contributed by atoms with E-state index in [2.05, 4.69) is 27.0 Å². The van der Waals surface area contributed by atoms with E-state index in [0.717, 1.165) is 14.7 Å². The average Bonchev–Trinajstić information content (AvgIpc) is 2.42. The zero-order chi connectivity index (χ0) is 9.42. The highest BCUT2D eigenvalue weighted by Crippen LogP contribution is 2.32. The minimum Gasteiger partial charge on any atom is -0.314 e. The summed E-state index contributed by atoms with van der Waals surface area (Å²) in [6, 6.07) is 5.20. The number of fused-ring (bicyclic) bond motifs is 1. The van der Waals surface area contributed by atoms with E-state index in [9.17, 15) is 4.79 Å². The van der Waals surface area contributed by atoms with Crippen molar-refractivity contribution in [3.05, 3.63) is 31.8 Å². The molecule has 64 valence electrons. The van der Waals surface area contributed by atoms with Gasteiger partial charge in [-0.3, -0.25) is 4.79 Å². The third-order valence-electron chi connectivity index (χ3n) is 1.62. The molecule has 0 fully saturated rings. The molecule has 5 heteroatoms. The molecule has 2 heterocycles. The van der Waals surface area contributed by atoms with Gasteiger partial charge in [0, 0.05) is 11.5 Å². The standard InChI is InChI=1S/C8H3BrN2OS/c9-7-4-1-2-6(12)11-8(4)13-5(7)3-10/h1-2H,(H,11,12). The minimum atomic E-state index is -0.147. The molecule has 0 aliphatic heterocycles. The lowest BCUT2D eigenvalue weighted by molar-refractivity contribution is 1.33. The number of halogens is 1. The van der Waals surface area contributed by atoms with Crippen LogP contribution < -0.4 is 5.56 Å². The molecule has 0 spiro atoms. The van der Waals surface area contributed by atoms with Crippen molar-refractivity contribution in [1.29, 1.82) is 5.26 Å². The van der Waals surface area contributed by atoms with Crippen molar-refractivity contribution in [2.24, 2.45) is 0 Å². The first-order valence-electron chi connectivity index (χ1n) is 3.44. The van der Waals surface area contributed by atoms with Gasteiger partial charge in [0.15, 0.2) is 0 Å². The Kier molecular flexibility index (Phi) is 1.94. The van der Waals surface area contributed by atoms with E-state index in [-0.39, 0.29) is 5.56 Å². The summed E-state index contributed by atoms with van der Waals surface area (Å²) < 4.78 is 0.756. The summed E-state index contributed by atoms with van der Waals surface area (Å²) in [7, 11) is 0. The Morgan fingerprint density at radius 2 is 2.31 bits per heavy atom. The van der Waals surface area contributed by atoms with E-state index in [4.69, 9.17) is 5.26 Å². The van der Waals surface area contributed by atoms with Gasteiger partial charge in [-0.05, 0) is 22.0 Å². The van der Waals surface area contributed by atoms with E-state index in [1.54, 1.807) is 6.07 Å². The number of rotatable bonds is 0. The van der Waals surface area contributed by atoms with Gasteiger partial charge < -0.3 is 4.98 Å². The van der Waals surface area contributed by atoms with E-state index in [1.165, 1.54) is 17.4 Å². The molecule has 0 bridgehead atoms. The lowest BCUT2D eigenvalue weighted by atomic mass is 10.3. The molecule has 0 aromatic carbocycles. The molecule has 0 atom stereocenters. The summed E-state index contributed by atoms with van der Waals surface area (Å²) in [6.45, 7) is 0. The maximum Gasteiger partial charge on any atom is 0.249 e. The van der Waals surface area contributed by atoms with Crippen molar-refractivity contribution < 1.29 is 0 Å². The third-order valence-corrected chi connectivity index (χ3v) is 3.74. The first-order chi connectivity index (χ1) is 6.22. The number of thiophene rings is 1. The fourth-order valence-electron chi connectivity index (χ4n) is 1.05. The van der Waals surface area contributed by atoms with Crippen molar-refractivity contribution in [3.8, 4) is 6.07 Å². The summed E-state index contributed by atoms with van der Waals surface area (Å²) in [6.07, 6.45) is 0. The molecule has 2 rings (SSSR count). The number of nitriles is 1. The van der Waals surface area contributed by atoms with Crippen molar-refractivity contribution >= 4 is 37.5 Å². The maximum atomic E-state index is 10.9. The monoisotopic (exact) mass is 254 g/mol. The van der Waals surface area contributed by atoms with Gasteiger partial charge in [-0.1, -0.05) is 0 Å². The normalized spacial score (nSPS) is 10.2. The number of hydrogen-bond acceptors (Lipinski definition) is 3. The second kappa shape index (κ2) is 2.98. The number of hydrogen-bond donors (Lipinski definition) is 1. The Balaban J connectivity index is 2.94. The molecule has 3 nitrogen and oxygen atoms in total. The highest BCUT2D eigenvalue weighted by Gasteiger charge is 2.08. The van der Waals surface area contributed by atoms with Crippen LogP contribution in [0.2, 0.25) is 0 Å². The summed E-state index contributed by atoms with van der Waals surface area (Å²) in [5.74, 6) is 0. The molecular weight excluding hydrogens is 252 g/mol. The number of nitrogens with one attached hydrogen (secondary N) is 1. The quantitative estimate of drug-likeness (QED) is 0.784. The van der Waals surface area contributed by atoms with Crippen LogP contribution in [0.4, 0.5) is 0 Å². The fraction of sp³-hybridized carbons (Fsp3) is 0. The summed E-state index contributed by atoms with van der Waals surface area (Å²) in [4.78, 5) is 14.9. The number of aromatic amines is 1. The molecule has 2 aromatic rings. The van der Waals surface area contributed by atoms with E-state index >= 15 is 0 Å². The van der Waals surface area contributed by atoms with Crippen LogP contribution in [-0.4, -0.2) is 4.98 Å². The van der Waals surface area contributed by atoms with Gasteiger partial charge >= 0.3 is 0 Å². The van der Waals surface area contributed by atoms with Crippen LogP contribution >= 0.6 is 27.3 Å². The maximum absolute atomic E-state index is 10.9. The highest BCUT2D eigenvalue weighted by atomic mass is 79.9. The number of nitrogens with zero attached hydrogens (tertiary/aromatic N) is 1. The van der Waals surface area contributed by atoms with Crippen molar-refractivity contribution in [2.75, 3.05) is 0 Å². The van der Waals surface area contributed by atoms with Crippen LogP contribution in [-0.2, 0) is 0 Å². The number of H-pyrrole nitrogens is 1. The summed E-state index contributed by atoms with van der Waals surface area (Å²) >= 11 is 4.58. The zero-order valence-corrected chi connectivity index (χ0v) is 8.70. The van der Waals surface area contributed by atoms with E-state index in [0.29, 0.717) is 4.88 Å². The molecule has 0 aliphatic rings. The second-order valence-corrected chi connectivity index (χ2v) is 4.24. The molecule has 0 saturated heterocycles. The Hall–Kier alpha value is -1.12. The van der Waals surface area contributed by atoms with E-state index < -0.39 is 0 Å². The summed E-state index contributed by atoms with van der Waals surface area (Å²) in [5.41, 5.74) is -0.147. The van der Waals surface area contributed by atoms with Crippen molar-refractivity contribution in [2.45, 2.75) is 0 Å². The van der Waals surface area contributed by atoms with Crippen LogP contribution in [0.3, 0.4) is 0 Å². The number of pyridine rings is 1.